The van der Waals surface area contributed by atoms with Gasteiger partial charge in [0, 0.05) is 20.0 Å². The number of para-hydroxylation sites is 2. The highest BCUT2D eigenvalue weighted by Gasteiger charge is 2.26. The van der Waals surface area contributed by atoms with Crippen LogP contribution in [0.3, 0.4) is 0 Å². The standard InChI is InChI=1S/C24H24N2O2/c1-25(17-23-16-19-10-8-9-11-20(19)18-28-23)24(27)26(21-12-4-2-5-13-21)22-14-6-3-7-15-22/h2-15,23H,16-18H2,1H3. The van der Waals surface area contributed by atoms with Gasteiger partial charge in [-0.2, -0.15) is 0 Å². The largest absolute Gasteiger partial charge is 0.371 e. The van der Waals surface area contributed by atoms with Crippen LogP contribution in [0.1, 0.15) is 11.1 Å². The molecule has 4 rings (SSSR count). The summed E-state index contributed by atoms with van der Waals surface area (Å²) in [7, 11) is 1.84. The minimum atomic E-state index is -0.0696. The maximum atomic E-state index is 13.4. The minimum Gasteiger partial charge on any atom is -0.371 e. The number of fused-ring (bicyclic) bond motifs is 1. The van der Waals surface area contributed by atoms with Crippen molar-refractivity contribution < 1.29 is 9.53 Å². The Bertz CT molecular complexity index is 888. The Morgan fingerprint density at radius 1 is 0.857 bits per heavy atom. The Morgan fingerprint density at radius 2 is 1.39 bits per heavy atom. The molecule has 0 radical (unpaired) electrons. The highest BCUT2D eigenvalue weighted by Crippen LogP contribution is 2.27. The molecule has 0 bridgehead atoms. The number of amides is 2. The van der Waals surface area contributed by atoms with Crippen LogP contribution in [0.2, 0.25) is 0 Å². The molecule has 1 unspecified atom stereocenters. The molecule has 4 nitrogen and oxygen atoms in total. The first kappa shape index (κ1) is 18.3. The Hall–Kier alpha value is -3.11. The Balaban J connectivity index is 1.52. The van der Waals surface area contributed by atoms with Crippen LogP contribution in [-0.2, 0) is 17.8 Å². The van der Waals surface area contributed by atoms with Crippen LogP contribution in [0.15, 0.2) is 84.9 Å². The molecule has 0 saturated heterocycles. The van der Waals surface area contributed by atoms with Gasteiger partial charge in [0.25, 0.3) is 0 Å². The van der Waals surface area contributed by atoms with Crippen LogP contribution < -0.4 is 4.90 Å². The SMILES string of the molecule is CN(CC1Cc2ccccc2CO1)C(=O)N(c1ccccc1)c1ccccc1. The van der Waals surface area contributed by atoms with E-state index in [0.717, 1.165) is 17.8 Å². The molecular weight excluding hydrogens is 348 g/mol. The summed E-state index contributed by atoms with van der Waals surface area (Å²) in [5, 5.41) is 0. The van der Waals surface area contributed by atoms with Crippen LogP contribution >= 0.6 is 0 Å². The molecule has 142 valence electrons. The second-order valence-electron chi connectivity index (χ2n) is 7.08. The first-order valence-corrected chi connectivity index (χ1v) is 9.56. The zero-order valence-electron chi connectivity index (χ0n) is 16.0. The zero-order valence-corrected chi connectivity index (χ0v) is 16.0. The number of nitrogens with zero attached hydrogens (tertiary/aromatic N) is 2. The molecular formula is C24H24N2O2. The van der Waals surface area contributed by atoms with Gasteiger partial charge in [0.2, 0.25) is 0 Å². The minimum absolute atomic E-state index is 0.00255. The fourth-order valence-electron chi connectivity index (χ4n) is 3.60. The first-order valence-electron chi connectivity index (χ1n) is 9.56. The zero-order chi connectivity index (χ0) is 19.3. The molecule has 0 saturated carbocycles. The molecule has 1 aliphatic heterocycles. The summed E-state index contributed by atoms with van der Waals surface area (Å²) in [6.45, 7) is 1.15. The molecule has 0 aliphatic carbocycles. The summed E-state index contributed by atoms with van der Waals surface area (Å²) in [6, 6.07) is 27.8. The van der Waals surface area contributed by atoms with Crippen molar-refractivity contribution in [3.05, 3.63) is 96.1 Å². The number of rotatable bonds is 4. The molecule has 3 aromatic rings. The summed E-state index contributed by atoms with van der Waals surface area (Å²) < 4.78 is 6.00. The van der Waals surface area contributed by atoms with E-state index in [1.165, 1.54) is 11.1 Å². The predicted molar refractivity (Wildman–Crippen MR) is 112 cm³/mol. The maximum Gasteiger partial charge on any atom is 0.328 e. The third-order valence-corrected chi connectivity index (χ3v) is 5.06. The summed E-state index contributed by atoms with van der Waals surface area (Å²) in [5.41, 5.74) is 4.24. The summed E-state index contributed by atoms with van der Waals surface area (Å²) in [4.78, 5) is 16.9. The number of hydrogen-bond acceptors (Lipinski definition) is 2. The summed E-state index contributed by atoms with van der Waals surface area (Å²) in [5.74, 6) is 0. The third kappa shape index (κ3) is 3.92. The van der Waals surface area contributed by atoms with E-state index in [1.807, 2.05) is 73.8 Å². The van der Waals surface area contributed by atoms with Crippen LogP contribution in [0.4, 0.5) is 16.2 Å². The van der Waals surface area contributed by atoms with Crippen molar-refractivity contribution in [3.63, 3.8) is 0 Å². The van der Waals surface area contributed by atoms with Crippen molar-refractivity contribution in [2.24, 2.45) is 0 Å². The van der Waals surface area contributed by atoms with Gasteiger partial charge in [-0.1, -0.05) is 60.7 Å². The van der Waals surface area contributed by atoms with Crippen LogP contribution in [0.5, 0.6) is 0 Å². The molecule has 0 spiro atoms. The van der Waals surface area contributed by atoms with Crippen LogP contribution in [0.25, 0.3) is 0 Å². The highest BCUT2D eigenvalue weighted by molar-refractivity contribution is 5.99. The third-order valence-electron chi connectivity index (χ3n) is 5.06. The average molecular weight is 372 g/mol. The quantitative estimate of drug-likeness (QED) is 0.644. The maximum absolute atomic E-state index is 13.4. The van der Waals surface area contributed by atoms with Crippen LogP contribution in [-0.4, -0.2) is 30.6 Å². The molecule has 1 atom stereocenters. The second-order valence-corrected chi connectivity index (χ2v) is 7.08. The van der Waals surface area contributed by atoms with Crippen molar-refractivity contribution in [3.8, 4) is 0 Å². The topological polar surface area (TPSA) is 32.8 Å². The van der Waals surface area contributed by atoms with E-state index in [0.29, 0.717) is 13.2 Å². The first-order chi connectivity index (χ1) is 13.7. The predicted octanol–water partition coefficient (Wildman–Crippen LogP) is 5.02. The van der Waals surface area contributed by atoms with Crippen molar-refractivity contribution in [2.75, 3.05) is 18.5 Å². The average Bonchev–Trinajstić information content (AvgIpc) is 2.75. The van der Waals surface area contributed by atoms with Gasteiger partial charge in [-0.05, 0) is 35.4 Å². The Kier molecular flexibility index (Phi) is 5.40. The van der Waals surface area contributed by atoms with E-state index < -0.39 is 0 Å². The number of carbonyl (C=O) groups is 1. The van der Waals surface area contributed by atoms with E-state index in [2.05, 4.69) is 18.2 Å². The van der Waals surface area contributed by atoms with E-state index in [4.69, 9.17) is 4.74 Å². The van der Waals surface area contributed by atoms with E-state index in [1.54, 1.807) is 9.80 Å². The number of carbonyl (C=O) groups excluding carboxylic acids is 1. The van der Waals surface area contributed by atoms with Gasteiger partial charge in [0.05, 0.1) is 24.1 Å². The Morgan fingerprint density at radius 3 is 2.00 bits per heavy atom. The van der Waals surface area contributed by atoms with Crippen LogP contribution in [0, 0.1) is 0 Å². The highest BCUT2D eigenvalue weighted by atomic mass is 16.5. The lowest BCUT2D eigenvalue weighted by atomic mass is 9.99. The number of ether oxygens (including phenoxy) is 1. The van der Waals surface area contributed by atoms with Gasteiger partial charge in [0.1, 0.15) is 0 Å². The smallest absolute Gasteiger partial charge is 0.328 e. The number of hydrogen-bond donors (Lipinski definition) is 0. The van der Waals surface area contributed by atoms with E-state index >= 15 is 0 Å². The summed E-state index contributed by atoms with van der Waals surface area (Å²) >= 11 is 0. The monoisotopic (exact) mass is 372 g/mol. The van der Waals surface area contributed by atoms with E-state index in [-0.39, 0.29) is 12.1 Å². The van der Waals surface area contributed by atoms with Crippen molar-refractivity contribution in [1.82, 2.24) is 4.90 Å². The van der Waals surface area contributed by atoms with Gasteiger partial charge in [-0.15, -0.1) is 0 Å². The fraction of sp³-hybridized carbons (Fsp3) is 0.208. The van der Waals surface area contributed by atoms with Gasteiger partial charge in [-0.25, -0.2) is 4.79 Å². The Labute approximate surface area is 166 Å². The molecule has 4 heteroatoms. The fourth-order valence-corrected chi connectivity index (χ4v) is 3.60. The molecule has 2 amide bonds. The number of likely N-dealkylation sites (N-methyl/N-ethyl adjacent to an activating group) is 1. The number of benzene rings is 3. The molecule has 28 heavy (non-hydrogen) atoms. The lowest BCUT2D eigenvalue weighted by Crippen LogP contribution is -2.44. The molecule has 3 aromatic carbocycles. The van der Waals surface area contributed by atoms with Gasteiger partial charge in [-0.3, -0.25) is 4.90 Å². The normalized spacial score (nSPS) is 15.5. The molecule has 0 fully saturated rings. The second kappa shape index (κ2) is 8.28. The van der Waals surface area contributed by atoms with Gasteiger partial charge < -0.3 is 9.64 Å². The number of urea groups is 1. The van der Waals surface area contributed by atoms with E-state index in [9.17, 15) is 4.79 Å². The molecule has 0 N–H and O–H groups in total. The van der Waals surface area contributed by atoms with Gasteiger partial charge in [0.15, 0.2) is 0 Å². The molecule has 1 heterocycles. The van der Waals surface area contributed by atoms with Crippen molar-refractivity contribution in [2.45, 2.75) is 19.1 Å². The lowest BCUT2D eigenvalue weighted by molar-refractivity contribution is 0.0156. The summed E-state index contributed by atoms with van der Waals surface area (Å²) in [6.07, 6.45) is 0.821. The van der Waals surface area contributed by atoms with Crippen molar-refractivity contribution >= 4 is 17.4 Å². The van der Waals surface area contributed by atoms with Crippen molar-refractivity contribution in [1.29, 1.82) is 0 Å². The van der Waals surface area contributed by atoms with Gasteiger partial charge >= 0.3 is 6.03 Å². The molecule has 0 aromatic heterocycles. The lowest BCUT2D eigenvalue weighted by Gasteiger charge is -2.32. The molecule has 1 aliphatic rings. The number of anilines is 2.